The molecule has 2 aromatic rings. The largest absolute Gasteiger partial charge is 0.492 e. The Morgan fingerprint density at radius 2 is 1.97 bits per heavy atom. The van der Waals surface area contributed by atoms with Crippen LogP contribution in [0.1, 0.15) is 17.3 Å². The van der Waals surface area contributed by atoms with Crippen LogP contribution >= 0.6 is 15.9 Å². The lowest BCUT2D eigenvalue weighted by atomic mass is 10.2. The summed E-state index contributed by atoms with van der Waals surface area (Å²) in [7, 11) is -3.74. The number of halogens is 2. The van der Waals surface area contributed by atoms with E-state index >= 15 is 0 Å². The molecule has 0 radical (unpaired) electrons. The molecule has 0 atom stereocenters. The third kappa shape index (κ3) is 4.95. The van der Waals surface area contributed by atoms with Crippen LogP contribution in [0.5, 0.6) is 5.75 Å². The Morgan fingerprint density at radius 1 is 1.24 bits per heavy atom. The zero-order valence-corrected chi connectivity index (χ0v) is 18.1. The molecule has 1 aliphatic rings. The normalized spacial score (nSPS) is 15.1. The van der Waals surface area contributed by atoms with E-state index in [1.54, 1.807) is 6.92 Å². The van der Waals surface area contributed by atoms with Crippen molar-refractivity contribution in [2.75, 3.05) is 38.2 Å². The summed E-state index contributed by atoms with van der Waals surface area (Å²) in [5, 5.41) is 2.66. The predicted octanol–water partition coefficient (Wildman–Crippen LogP) is 3.26. The average molecular weight is 487 g/mol. The lowest BCUT2D eigenvalue weighted by molar-refractivity contribution is 0.0730. The molecule has 29 heavy (non-hydrogen) atoms. The van der Waals surface area contributed by atoms with Gasteiger partial charge in [0.25, 0.3) is 5.91 Å². The van der Waals surface area contributed by atoms with E-state index in [1.165, 1.54) is 40.7 Å². The molecule has 1 heterocycles. The fourth-order valence-corrected chi connectivity index (χ4v) is 4.81. The number of benzene rings is 2. The van der Waals surface area contributed by atoms with Gasteiger partial charge in [-0.15, -0.1) is 0 Å². The van der Waals surface area contributed by atoms with Gasteiger partial charge >= 0.3 is 0 Å². The molecule has 156 valence electrons. The number of sulfonamides is 1. The minimum Gasteiger partial charge on any atom is -0.492 e. The first-order chi connectivity index (χ1) is 13.8. The second kappa shape index (κ2) is 9.21. The summed E-state index contributed by atoms with van der Waals surface area (Å²) in [5.74, 6) is -0.680. The standard InChI is InChI=1S/C19H20BrFN2O5S/c1-2-28-18-6-4-14(29(25,26)23-7-9-27-10-8-23)12-17(18)22-19(24)15-5-3-13(21)11-16(15)20/h3-6,11-12H,2,7-10H2,1H3,(H,22,24). The van der Waals surface area contributed by atoms with Crippen molar-refractivity contribution in [1.82, 2.24) is 4.31 Å². The van der Waals surface area contributed by atoms with Crippen LogP contribution in [0, 0.1) is 5.82 Å². The SMILES string of the molecule is CCOc1ccc(S(=O)(=O)N2CCOCC2)cc1NC(=O)c1ccc(F)cc1Br. The van der Waals surface area contributed by atoms with Gasteiger partial charge in [0.2, 0.25) is 10.0 Å². The van der Waals surface area contributed by atoms with Gasteiger partial charge in [0, 0.05) is 17.6 Å². The number of rotatable bonds is 6. The maximum absolute atomic E-state index is 13.3. The van der Waals surface area contributed by atoms with E-state index < -0.39 is 21.7 Å². The van der Waals surface area contributed by atoms with Crippen LogP contribution in [0.4, 0.5) is 10.1 Å². The molecule has 3 rings (SSSR count). The average Bonchev–Trinajstić information content (AvgIpc) is 2.70. The van der Waals surface area contributed by atoms with Crippen molar-refractivity contribution < 1.29 is 27.1 Å². The summed E-state index contributed by atoms with van der Waals surface area (Å²) in [6, 6.07) is 8.00. The minimum atomic E-state index is -3.74. The second-order valence-electron chi connectivity index (χ2n) is 6.19. The summed E-state index contributed by atoms with van der Waals surface area (Å²) in [6.07, 6.45) is 0. The number of hydrogen-bond donors (Lipinski definition) is 1. The first kappa shape index (κ1) is 21.7. The van der Waals surface area contributed by atoms with Crippen LogP contribution in [0.2, 0.25) is 0 Å². The van der Waals surface area contributed by atoms with Crippen LogP contribution < -0.4 is 10.1 Å². The zero-order valence-electron chi connectivity index (χ0n) is 15.7. The first-order valence-electron chi connectivity index (χ1n) is 8.94. The van der Waals surface area contributed by atoms with Gasteiger partial charge in [-0.1, -0.05) is 0 Å². The highest BCUT2D eigenvalue weighted by molar-refractivity contribution is 9.10. The van der Waals surface area contributed by atoms with Gasteiger partial charge in [-0.2, -0.15) is 4.31 Å². The molecule has 10 heteroatoms. The number of nitrogens with one attached hydrogen (secondary N) is 1. The monoisotopic (exact) mass is 486 g/mol. The number of carbonyl (C=O) groups is 1. The van der Waals surface area contributed by atoms with Crippen molar-refractivity contribution in [2.45, 2.75) is 11.8 Å². The number of morpholine rings is 1. The number of hydrogen-bond acceptors (Lipinski definition) is 5. The Kier molecular flexibility index (Phi) is 6.89. The van der Waals surface area contributed by atoms with Crippen molar-refractivity contribution >= 4 is 37.5 Å². The molecule has 1 fully saturated rings. The first-order valence-corrected chi connectivity index (χ1v) is 11.2. The Bertz CT molecular complexity index is 1010. The van der Waals surface area contributed by atoms with Crippen molar-refractivity contribution in [2.24, 2.45) is 0 Å². The third-order valence-corrected chi connectivity index (χ3v) is 6.83. The molecule has 0 spiro atoms. The molecule has 1 amide bonds. The highest BCUT2D eigenvalue weighted by atomic mass is 79.9. The summed E-state index contributed by atoms with van der Waals surface area (Å²) in [5.41, 5.74) is 0.415. The summed E-state index contributed by atoms with van der Waals surface area (Å²) in [6.45, 7) is 3.30. The number of amides is 1. The number of carbonyl (C=O) groups excluding carboxylic acids is 1. The third-order valence-electron chi connectivity index (χ3n) is 4.28. The van der Waals surface area contributed by atoms with E-state index in [4.69, 9.17) is 9.47 Å². The topological polar surface area (TPSA) is 84.9 Å². The molecular weight excluding hydrogens is 467 g/mol. The van der Waals surface area contributed by atoms with Crippen molar-refractivity contribution in [3.8, 4) is 5.75 Å². The molecule has 1 aliphatic heterocycles. The van der Waals surface area contributed by atoms with E-state index in [0.717, 1.165) is 0 Å². The van der Waals surface area contributed by atoms with Crippen LogP contribution in [0.3, 0.4) is 0 Å². The Labute approximate surface area is 177 Å². The molecule has 0 aromatic heterocycles. The van der Waals surface area contributed by atoms with Crippen LogP contribution in [-0.2, 0) is 14.8 Å². The highest BCUT2D eigenvalue weighted by Crippen LogP contribution is 2.30. The lowest BCUT2D eigenvalue weighted by Gasteiger charge is -2.26. The molecule has 0 unspecified atom stereocenters. The van der Waals surface area contributed by atoms with Gasteiger partial charge in [0.05, 0.1) is 36.0 Å². The number of nitrogens with zero attached hydrogens (tertiary/aromatic N) is 1. The Balaban J connectivity index is 1.93. The Morgan fingerprint density at radius 3 is 2.62 bits per heavy atom. The van der Waals surface area contributed by atoms with Gasteiger partial charge in [0.1, 0.15) is 11.6 Å². The van der Waals surface area contributed by atoms with Gasteiger partial charge in [-0.3, -0.25) is 4.79 Å². The maximum atomic E-state index is 13.3. The molecule has 7 nitrogen and oxygen atoms in total. The van der Waals surface area contributed by atoms with Gasteiger partial charge in [-0.25, -0.2) is 12.8 Å². The summed E-state index contributed by atoms with van der Waals surface area (Å²) < 4.78 is 51.5. The molecule has 0 saturated carbocycles. The van der Waals surface area contributed by atoms with E-state index in [2.05, 4.69) is 21.2 Å². The van der Waals surface area contributed by atoms with Gasteiger partial charge in [0.15, 0.2) is 0 Å². The highest BCUT2D eigenvalue weighted by Gasteiger charge is 2.27. The number of ether oxygens (including phenoxy) is 2. The van der Waals surface area contributed by atoms with E-state index in [0.29, 0.717) is 25.6 Å². The molecule has 0 bridgehead atoms. The van der Waals surface area contributed by atoms with Gasteiger partial charge < -0.3 is 14.8 Å². The zero-order chi connectivity index (χ0) is 21.0. The number of anilines is 1. The summed E-state index contributed by atoms with van der Waals surface area (Å²) >= 11 is 3.16. The fourth-order valence-electron chi connectivity index (χ4n) is 2.85. The van der Waals surface area contributed by atoms with Crippen LogP contribution in [-0.4, -0.2) is 51.5 Å². The predicted molar refractivity (Wildman–Crippen MR) is 109 cm³/mol. The maximum Gasteiger partial charge on any atom is 0.256 e. The molecule has 2 aromatic carbocycles. The second-order valence-corrected chi connectivity index (χ2v) is 8.98. The van der Waals surface area contributed by atoms with E-state index in [9.17, 15) is 17.6 Å². The smallest absolute Gasteiger partial charge is 0.256 e. The van der Waals surface area contributed by atoms with Crippen molar-refractivity contribution in [1.29, 1.82) is 0 Å². The fraction of sp³-hybridized carbons (Fsp3) is 0.316. The quantitative estimate of drug-likeness (QED) is 0.677. The molecule has 0 aliphatic carbocycles. The lowest BCUT2D eigenvalue weighted by Crippen LogP contribution is -2.40. The van der Waals surface area contributed by atoms with Crippen molar-refractivity contribution in [3.05, 3.63) is 52.3 Å². The van der Waals surface area contributed by atoms with E-state index in [-0.39, 0.29) is 33.7 Å². The van der Waals surface area contributed by atoms with Crippen LogP contribution in [0.15, 0.2) is 45.8 Å². The molecule has 1 N–H and O–H groups in total. The van der Waals surface area contributed by atoms with Crippen LogP contribution in [0.25, 0.3) is 0 Å². The summed E-state index contributed by atoms with van der Waals surface area (Å²) in [4.78, 5) is 12.7. The molecular formula is C19H20BrFN2O5S. The minimum absolute atomic E-state index is 0.0383. The van der Waals surface area contributed by atoms with Crippen molar-refractivity contribution in [3.63, 3.8) is 0 Å². The van der Waals surface area contributed by atoms with Gasteiger partial charge in [-0.05, 0) is 59.3 Å². The molecule has 1 saturated heterocycles. The van der Waals surface area contributed by atoms with E-state index in [1.807, 2.05) is 0 Å². The Hall–Kier alpha value is -2.01.